The third-order valence-corrected chi connectivity index (χ3v) is 13.1. The Balaban J connectivity index is 1.46. The van der Waals surface area contributed by atoms with E-state index in [4.69, 9.17) is 23.4 Å². The van der Waals surface area contributed by atoms with Crippen LogP contribution >= 0.6 is 0 Å². The summed E-state index contributed by atoms with van der Waals surface area (Å²) in [6.45, 7) is 15.5. The van der Waals surface area contributed by atoms with E-state index in [9.17, 15) is 4.79 Å². The largest absolute Gasteiger partial charge is 0.489 e. The summed E-state index contributed by atoms with van der Waals surface area (Å²) in [5, 5.41) is 3.06. The van der Waals surface area contributed by atoms with Crippen molar-refractivity contribution in [1.29, 1.82) is 0 Å². The number of carbonyl (C=O) groups excluding carboxylic acids is 1. The van der Waals surface area contributed by atoms with Crippen LogP contribution in [0.25, 0.3) is 5.57 Å². The lowest BCUT2D eigenvalue weighted by Crippen LogP contribution is -2.59. The summed E-state index contributed by atoms with van der Waals surface area (Å²) in [7, 11) is -2.29. The quantitative estimate of drug-likeness (QED) is 0.247. The van der Waals surface area contributed by atoms with Crippen LogP contribution in [0.5, 0.6) is 5.75 Å². The Hall–Kier alpha value is -3.43. The lowest BCUT2D eigenvalue weighted by atomic mass is 9.84. The summed E-state index contributed by atoms with van der Waals surface area (Å²) >= 11 is 0. The first kappa shape index (κ1) is 32.0. The van der Waals surface area contributed by atoms with Gasteiger partial charge >= 0.3 is 6.09 Å². The maximum absolute atomic E-state index is 13.2. The normalized spacial score (nSPS) is 22.9. The summed E-state index contributed by atoms with van der Waals surface area (Å²) < 4.78 is 31.9. The van der Waals surface area contributed by atoms with Gasteiger partial charge in [0.05, 0.1) is 12.1 Å². The molecule has 0 unspecified atom stereocenters. The van der Waals surface area contributed by atoms with Gasteiger partial charge in [-0.2, -0.15) is 0 Å². The molecule has 0 aromatic heterocycles. The number of amides is 1. The van der Waals surface area contributed by atoms with E-state index in [1.807, 2.05) is 105 Å². The molecular weight excluding hydrogens is 570 g/mol. The smallest absolute Gasteiger partial charge is 0.408 e. The van der Waals surface area contributed by atoms with Crippen LogP contribution in [0.3, 0.4) is 0 Å². The zero-order chi connectivity index (χ0) is 31.5. The van der Waals surface area contributed by atoms with Crippen LogP contribution in [0.4, 0.5) is 4.79 Å². The van der Waals surface area contributed by atoms with Crippen molar-refractivity contribution < 1.29 is 28.2 Å². The molecule has 2 aliphatic rings. The monoisotopic (exact) mass is 615 g/mol. The van der Waals surface area contributed by atoms with E-state index in [1.54, 1.807) is 0 Å². The van der Waals surface area contributed by atoms with Gasteiger partial charge in [-0.3, -0.25) is 0 Å². The van der Waals surface area contributed by atoms with Gasteiger partial charge in [-0.05, 0) is 66.4 Å². The second-order valence-corrected chi connectivity index (χ2v) is 18.3. The molecule has 1 saturated heterocycles. The van der Waals surface area contributed by atoms with E-state index < -0.39 is 44.6 Å². The number of ether oxygens (including phenoxy) is 4. The van der Waals surface area contributed by atoms with Gasteiger partial charge in [-0.15, -0.1) is 0 Å². The van der Waals surface area contributed by atoms with Gasteiger partial charge in [0.25, 0.3) is 0 Å². The molecule has 0 bridgehead atoms. The van der Waals surface area contributed by atoms with Gasteiger partial charge in [0, 0.05) is 0 Å². The summed E-state index contributed by atoms with van der Waals surface area (Å²) in [6, 6.07) is 27.2. The molecule has 0 spiro atoms. The van der Waals surface area contributed by atoms with Gasteiger partial charge < -0.3 is 28.7 Å². The second kappa shape index (κ2) is 12.9. The molecule has 1 amide bonds. The van der Waals surface area contributed by atoms with Crippen LogP contribution in [-0.2, 0) is 31.9 Å². The number of carbonyl (C=O) groups is 1. The minimum atomic E-state index is -2.29. The molecule has 0 saturated carbocycles. The fourth-order valence-electron chi connectivity index (χ4n) is 5.31. The molecule has 5 rings (SSSR count). The highest BCUT2D eigenvalue weighted by atomic mass is 28.4. The van der Waals surface area contributed by atoms with Crippen LogP contribution in [0.15, 0.2) is 91.0 Å². The van der Waals surface area contributed by atoms with Crippen molar-refractivity contribution in [3.05, 3.63) is 108 Å². The van der Waals surface area contributed by atoms with E-state index in [2.05, 4.69) is 39.2 Å². The third kappa shape index (κ3) is 7.61. The van der Waals surface area contributed by atoms with Crippen molar-refractivity contribution in [3.63, 3.8) is 0 Å². The van der Waals surface area contributed by atoms with E-state index in [-0.39, 0.29) is 11.6 Å². The first-order valence-corrected chi connectivity index (χ1v) is 18.2. The summed E-state index contributed by atoms with van der Waals surface area (Å²) in [4.78, 5) is 13.2. The van der Waals surface area contributed by atoms with Crippen molar-refractivity contribution in [2.24, 2.45) is 0 Å². The average Bonchev–Trinajstić information content (AvgIpc) is 3.31. The predicted octanol–water partition coefficient (Wildman–Crippen LogP) is 7.87. The number of hydrogen-bond donors (Lipinski definition) is 1. The third-order valence-electron chi connectivity index (χ3n) is 8.62. The molecule has 0 radical (unpaired) electrons. The van der Waals surface area contributed by atoms with Crippen LogP contribution in [-0.4, -0.2) is 44.6 Å². The highest BCUT2D eigenvalue weighted by molar-refractivity contribution is 6.74. The molecule has 1 fully saturated rings. The maximum Gasteiger partial charge on any atom is 0.408 e. The Morgan fingerprint density at radius 2 is 1.52 bits per heavy atom. The number of alkyl carbamates (subject to hydrolysis) is 1. The molecule has 7 nitrogen and oxygen atoms in total. The first-order valence-electron chi connectivity index (χ1n) is 15.3. The molecule has 3 aromatic carbocycles. The lowest BCUT2D eigenvalue weighted by Gasteiger charge is -2.45. The number of nitrogens with one attached hydrogen (secondary N) is 1. The number of hydrogen-bond acceptors (Lipinski definition) is 6. The van der Waals surface area contributed by atoms with Crippen LogP contribution in [0, 0.1) is 0 Å². The first-order chi connectivity index (χ1) is 20.8. The fraction of sp³-hybridized carbons (Fsp3) is 0.417. The minimum absolute atomic E-state index is 0.0513. The average molecular weight is 616 g/mol. The van der Waals surface area contributed by atoms with E-state index >= 15 is 0 Å². The van der Waals surface area contributed by atoms with Gasteiger partial charge in [-0.1, -0.05) is 99.6 Å². The van der Waals surface area contributed by atoms with Gasteiger partial charge in [-0.25, -0.2) is 4.79 Å². The predicted molar refractivity (Wildman–Crippen MR) is 175 cm³/mol. The standard InChI is InChI=1S/C36H45NO6Si/c1-35(2,3)44(6,7)43-32-30(37-34(38)40-24-26-17-12-9-13-18-26)22-29(31-33(32)42-36(4,5)41-31)27-19-14-20-28(21-27)39-23-25-15-10-8-11-16-25/h8-22,30-33H,23-24H2,1-7H3,(H,37,38)/t30-,31-,32-,33-/m1/s1. The molecule has 234 valence electrons. The number of rotatable bonds is 9. The zero-order valence-corrected chi connectivity index (χ0v) is 27.8. The SMILES string of the molecule is CC1(C)O[C@H]2[C@H](O[Si](C)(C)C(C)(C)C)[C@H](NC(=O)OCc3ccccc3)C=C(c3cccc(OCc4ccccc4)c3)[C@H]2O1. The van der Waals surface area contributed by atoms with Gasteiger partial charge in [0.2, 0.25) is 0 Å². The number of fused-ring (bicyclic) bond motifs is 1. The van der Waals surface area contributed by atoms with Crippen LogP contribution < -0.4 is 10.1 Å². The van der Waals surface area contributed by atoms with Crippen molar-refractivity contribution in [1.82, 2.24) is 5.32 Å². The molecule has 4 atom stereocenters. The van der Waals surface area contributed by atoms with Crippen molar-refractivity contribution in [2.75, 3.05) is 0 Å². The molecule has 44 heavy (non-hydrogen) atoms. The van der Waals surface area contributed by atoms with Crippen LogP contribution in [0.2, 0.25) is 18.1 Å². The Kier molecular flexibility index (Phi) is 9.37. The second-order valence-electron chi connectivity index (χ2n) is 13.5. The highest BCUT2D eigenvalue weighted by Crippen LogP contribution is 2.45. The van der Waals surface area contributed by atoms with Crippen molar-refractivity contribution in [3.8, 4) is 5.75 Å². The van der Waals surface area contributed by atoms with Crippen molar-refractivity contribution >= 4 is 20.0 Å². The highest BCUT2D eigenvalue weighted by Gasteiger charge is 2.54. The zero-order valence-electron chi connectivity index (χ0n) is 26.8. The molecule has 1 N–H and O–H groups in total. The summed E-state index contributed by atoms with van der Waals surface area (Å²) in [6.07, 6.45) is 0.196. The minimum Gasteiger partial charge on any atom is -0.489 e. The molecule has 3 aromatic rings. The van der Waals surface area contributed by atoms with Gasteiger partial charge in [0.1, 0.15) is 31.2 Å². The molecule has 1 aliphatic carbocycles. The number of benzene rings is 3. The van der Waals surface area contributed by atoms with Gasteiger partial charge in [0.15, 0.2) is 14.1 Å². The Morgan fingerprint density at radius 3 is 2.16 bits per heavy atom. The van der Waals surface area contributed by atoms with Crippen LogP contribution in [0.1, 0.15) is 51.3 Å². The van der Waals surface area contributed by atoms with E-state index in [1.165, 1.54) is 0 Å². The Labute approximate surface area is 262 Å². The Bertz CT molecular complexity index is 1450. The van der Waals surface area contributed by atoms with E-state index in [0.717, 1.165) is 28.0 Å². The molecule has 8 heteroatoms. The topological polar surface area (TPSA) is 75.3 Å². The molecule has 1 heterocycles. The maximum atomic E-state index is 13.2. The summed E-state index contributed by atoms with van der Waals surface area (Å²) in [5.41, 5.74) is 3.85. The summed E-state index contributed by atoms with van der Waals surface area (Å²) in [5.74, 6) is -0.0958. The fourth-order valence-corrected chi connectivity index (χ4v) is 6.62. The van der Waals surface area contributed by atoms with E-state index in [0.29, 0.717) is 6.61 Å². The molecule has 1 aliphatic heterocycles. The lowest BCUT2D eigenvalue weighted by molar-refractivity contribution is -0.152. The van der Waals surface area contributed by atoms with Crippen molar-refractivity contribution in [2.45, 2.75) is 96.1 Å². The molecular formula is C36H45NO6Si. The Morgan fingerprint density at radius 1 is 0.886 bits per heavy atom.